The lowest BCUT2D eigenvalue weighted by molar-refractivity contribution is 0.0658. The third kappa shape index (κ3) is 4.17. The Morgan fingerprint density at radius 3 is 2.58 bits per heavy atom. The molecule has 1 fully saturated rings. The van der Waals surface area contributed by atoms with Crippen molar-refractivity contribution in [1.82, 2.24) is 14.4 Å². The molecule has 6 heteroatoms. The molecule has 3 rings (SSSR count). The number of nitrogens with zero attached hydrogens (tertiary/aromatic N) is 3. The van der Waals surface area contributed by atoms with Crippen LogP contribution in [-0.4, -0.2) is 53.5 Å². The van der Waals surface area contributed by atoms with Gasteiger partial charge in [-0.1, -0.05) is 29.8 Å². The molecule has 2 heterocycles. The van der Waals surface area contributed by atoms with E-state index >= 15 is 0 Å². The predicted octanol–water partition coefficient (Wildman–Crippen LogP) is 2.72. The maximum atomic E-state index is 12.9. The van der Waals surface area contributed by atoms with E-state index in [1.807, 2.05) is 30.1 Å². The number of benzene rings is 1. The maximum absolute atomic E-state index is 12.9. The first-order valence-electron chi connectivity index (χ1n) is 8.85. The SMILES string of the molecule is CN1CCC(N(C)C(=O)c2ccc(=O)n(Cc3ccccc3Cl)c2)CC1. The number of halogens is 1. The highest BCUT2D eigenvalue weighted by atomic mass is 35.5. The molecule has 0 unspecified atom stereocenters. The van der Waals surface area contributed by atoms with Crippen molar-refractivity contribution in [3.05, 3.63) is 69.1 Å². The van der Waals surface area contributed by atoms with Gasteiger partial charge in [-0.2, -0.15) is 0 Å². The van der Waals surface area contributed by atoms with Crippen molar-refractivity contribution >= 4 is 17.5 Å². The Balaban J connectivity index is 1.79. The van der Waals surface area contributed by atoms with E-state index in [1.54, 1.807) is 18.3 Å². The summed E-state index contributed by atoms with van der Waals surface area (Å²) in [6, 6.07) is 10.7. The van der Waals surface area contributed by atoms with Crippen LogP contribution in [0.15, 0.2) is 47.4 Å². The van der Waals surface area contributed by atoms with E-state index in [0.29, 0.717) is 17.1 Å². The van der Waals surface area contributed by atoms with E-state index in [2.05, 4.69) is 11.9 Å². The zero-order valence-electron chi connectivity index (χ0n) is 15.2. The topological polar surface area (TPSA) is 45.6 Å². The number of amides is 1. The molecule has 0 radical (unpaired) electrons. The Morgan fingerprint density at radius 1 is 1.19 bits per heavy atom. The third-order valence-electron chi connectivity index (χ3n) is 5.09. The summed E-state index contributed by atoms with van der Waals surface area (Å²) < 4.78 is 1.54. The number of likely N-dealkylation sites (tertiary alicyclic amines) is 1. The van der Waals surface area contributed by atoms with Gasteiger partial charge in [-0.15, -0.1) is 0 Å². The minimum absolute atomic E-state index is 0.0486. The van der Waals surface area contributed by atoms with E-state index in [0.717, 1.165) is 31.5 Å². The first kappa shape index (κ1) is 18.7. The Kier molecular flexibility index (Phi) is 5.79. The van der Waals surface area contributed by atoms with Crippen molar-refractivity contribution in [3.63, 3.8) is 0 Å². The van der Waals surface area contributed by atoms with Crippen molar-refractivity contribution < 1.29 is 4.79 Å². The Morgan fingerprint density at radius 2 is 1.88 bits per heavy atom. The van der Waals surface area contributed by atoms with E-state index in [-0.39, 0.29) is 17.5 Å². The van der Waals surface area contributed by atoms with Crippen LogP contribution in [0.5, 0.6) is 0 Å². The van der Waals surface area contributed by atoms with Crippen LogP contribution in [-0.2, 0) is 6.54 Å². The summed E-state index contributed by atoms with van der Waals surface area (Å²) in [6.45, 7) is 2.33. The smallest absolute Gasteiger partial charge is 0.255 e. The molecule has 1 aliphatic heterocycles. The van der Waals surface area contributed by atoms with Gasteiger partial charge < -0.3 is 14.4 Å². The number of hydrogen-bond donors (Lipinski definition) is 0. The van der Waals surface area contributed by atoms with Crippen molar-refractivity contribution in [3.8, 4) is 0 Å². The van der Waals surface area contributed by atoms with Crippen LogP contribution < -0.4 is 5.56 Å². The number of aromatic nitrogens is 1. The van der Waals surface area contributed by atoms with Crippen LogP contribution in [0.2, 0.25) is 5.02 Å². The molecule has 1 aromatic heterocycles. The fourth-order valence-electron chi connectivity index (χ4n) is 3.34. The summed E-state index contributed by atoms with van der Waals surface area (Å²) in [5.41, 5.74) is 1.23. The lowest BCUT2D eigenvalue weighted by Crippen LogP contribution is -2.44. The standard InChI is InChI=1S/C20H24ClN3O2/c1-22-11-9-17(10-12-22)23(2)20(26)16-7-8-19(25)24(14-16)13-15-5-3-4-6-18(15)21/h3-8,14,17H,9-13H2,1-2H3. The van der Waals surface area contributed by atoms with Gasteiger partial charge in [0.05, 0.1) is 12.1 Å². The molecule has 1 amide bonds. The molecular formula is C20H24ClN3O2. The number of carbonyl (C=O) groups excluding carboxylic acids is 1. The molecule has 0 aliphatic carbocycles. The molecule has 0 spiro atoms. The van der Waals surface area contributed by atoms with Gasteiger partial charge in [-0.05, 0) is 50.7 Å². The van der Waals surface area contributed by atoms with E-state index in [9.17, 15) is 9.59 Å². The Labute approximate surface area is 158 Å². The average Bonchev–Trinajstić information content (AvgIpc) is 2.65. The molecule has 0 atom stereocenters. The summed E-state index contributed by atoms with van der Waals surface area (Å²) >= 11 is 6.20. The summed E-state index contributed by atoms with van der Waals surface area (Å²) in [6.07, 6.45) is 3.58. The highest BCUT2D eigenvalue weighted by Gasteiger charge is 2.25. The summed E-state index contributed by atoms with van der Waals surface area (Å²) in [5, 5.41) is 0.611. The van der Waals surface area contributed by atoms with Crippen LogP contribution in [0.1, 0.15) is 28.8 Å². The summed E-state index contributed by atoms with van der Waals surface area (Å²) in [5.74, 6) is -0.0486. The van der Waals surface area contributed by atoms with E-state index in [4.69, 9.17) is 11.6 Å². The second-order valence-corrected chi connectivity index (χ2v) is 7.33. The van der Waals surface area contributed by atoms with Gasteiger partial charge in [0.25, 0.3) is 11.5 Å². The second-order valence-electron chi connectivity index (χ2n) is 6.93. The minimum atomic E-state index is -0.150. The molecule has 26 heavy (non-hydrogen) atoms. The molecular weight excluding hydrogens is 350 g/mol. The fourth-order valence-corrected chi connectivity index (χ4v) is 3.54. The highest BCUT2D eigenvalue weighted by Crippen LogP contribution is 2.18. The largest absolute Gasteiger partial charge is 0.339 e. The van der Waals surface area contributed by atoms with Gasteiger partial charge in [0.2, 0.25) is 0 Å². The quantitative estimate of drug-likeness (QED) is 0.827. The molecule has 1 aliphatic rings. The first-order chi connectivity index (χ1) is 12.5. The number of carbonyl (C=O) groups is 1. The van der Waals surface area contributed by atoms with Gasteiger partial charge in [-0.3, -0.25) is 9.59 Å². The van der Waals surface area contributed by atoms with Gasteiger partial charge in [0.1, 0.15) is 0 Å². The summed E-state index contributed by atoms with van der Waals surface area (Å²) in [4.78, 5) is 29.2. The van der Waals surface area contributed by atoms with Crippen LogP contribution in [0.4, 0.5) is 0 Å². The Bertz CT molecular complexity index is 841. The summed E-state index contributed by atoms with van der Waals surface area (Å²) in [7, 11) is 3.95. The lowest BCUT2D eigenvalue weighted by Gasteiger charge is -2.35. The van der Waals surface area contributed by atoms with Crippen LogP contribution in [0.25, 0.3) is 0 Å². The van der Waals surface area contributed by atoms with Gasteiger partial charge in [-0.25, -0.2) is 0 Å². The number of rotatable bonds is 4. The molecule has 1 saturated heterocycles. The molecule has 0 N–H and O–H groups in total. The zero-order chi connectivity index (χ0) is 18.7. The zero-order valence-corrected chi connectivity index (χ0v) is 15.9. The van der Waals surface area contributed by atoms with Crippen LogP contribution in [0.3, 0.4) is 0 Å². The van der Waals surface area contributed by atoms with Gasteiger partial charge >= 0.3 is 0 Å². The molecule has 0 bridgehead atoms. The third-order valence-corrected chi connectivity index (χ3v) is 5.45. The monoisotopic (exact) mass is 373 g/mol. The van der Waals surface area contributed by atoms with Gasteiger partial charge in [0.15, 0.2) is 0 Å². The second kappa shape index (κ2) is 8.06. The van der Waals surface area contributed by atoms with Gasteiger partial charge in [0, 0.05) is 30.4 Å². The number of hydrogen-bond acceptors (Lipinski definition) is 3. The average molecular weight is 374 g/mol. The maximum Gasteiger partial charge on any atom is 0.255 e. The van der Waals surface area contributed by atoms with Crippen molar-refractivity contribution in [2.75, 3.05) is 27.2 Å². The van der Waals surface area contributed by atoms with Crippen molar-refractivity contribution in [2.45, 2.75) is 25.4 Å². The van der Waals surface area contributed by atoms with Crippen molar-refractivity contribution in [1.29, 1.82) is 0 Å². The normalized spacial score (nSPS) is 15.8. The van der Waals surface area contributed by atoms with E-state index < -0.39 is 0 Å². The van der Waals surface area contributed by atoms with Crippen molar-refractivity contribution in [2.24, 2.45) is 0 Å². The lowest BCUT2D eigenvalue weighted by atomic mass is 10.0. The minimum Gasteiger partial charge on any atom is -0.339 e. The molecule has 0 saturated carbocycles. The number of piperidine rings is 1. The highest BCUT2D eigenvalue weighted by molar-refractivity contribution is 6.31. The van der Waals surface area contributed by atoms with Crippen LogP contribution in [0, 0.1) is 0 Å². The molecule has 138 valence electrons. The predicted molar refractivity (Wildman–Crippen MR) is 104 cm³/mol. The van der Waals surface area contributed by atoms with E-state index in [1.165, 1.54) is 10.6 Å². The molecule has 5 nitrogen and oxygen atoms in total. The molecule has 1 aromatic carbocycles. The Hall–Kier alpha value is -2.11. The van der Waals surface area contributed by atoms with Crippen LogP contribution >= 0.6 is 11.6 Å². The first-order valence-corrected chi connectivity index (χ1v) is 9.23. The fraction of sp³-hybridized carbons (Fsp3) is 0.400. The molecule has 2 aromatic rings. The number of pyridine rings is 1.